The van der Waals surface area contributed by atoms with E-state index in [0.29, 0.717) is 11.1 Å². The Labute approximate surface area is 120 Å². The Kier molecular flexibility index (Phi) is 4.14. The van der Waals surface area contributed by atoms with E-state index in [2.05, 4.69) is 5.32 Å². The number of thiophene rings is 1. The van der Waals surface area contributed by atoms with Crippen LogP contribution in [0.4, 0.5) is 5.69 Å². The van der Waals surface area contributed by atoms with Crippen LogP contribution in [0, 0.1) is 24.0 Å². The van der Waals surface area contributed by atoms with Gasteiger partial charge in [-0.1, -0.05) is 18.2 Å². The molecule has 0 aliphatic heterocycles. The van der Waals surface area contributed by atoms with E-state index in [1.807, 2.05) is 19.9 Å². The molecule has 2 rings (SSSR count). The number of rotatable bonds is 4. The molecule has 2 aromatic rings. The number of amides is 1. The number of nitrogens with one attached hydrogen (secondary N) is 1. The molecule has 1 aromatic heterocycles. The summed E-state index contributed by atoms with van der Waals surface area (Å²) in [4.78, 5) is 24.5. The number of nitrogens with zero attached hydrogens (tertiary/aromatic N) is 1. The topological polar surface area (TPSA) is 72.2 Å². The molecule has 0 unspecified atom stereocenters. The number of carbonyl (C=O) groups is 1. The van der Waals surface area contributed by atoms with Crippen molar-refractivity contribution in [3.8, 4) is 0 Å². The van der Waals surface area contributed by atoms with Crippen molar-refractivity contribution >= 4 is 22.9 Å². The quantitative estimate of drug-likeness (QED) is 0.694. The number of carbonyl (C=O) groups excluding carboxylic acids is 1. The molecule has 0 saturated heterocycles. The molecule has 1 amide bonds. The molecule has 0 radical (unpaired) electrons. The van der Waals surface area contributed by atoms with E-state index < -0.39 is 4.92 Å². The maximum atomic E-state index is 12.1. The van der Waals surface area contributed by atoms with Crippen molar-refractivity contribution in [2.45, 2.75) is 20.4 Å². The average molecular weight is 290 g/mol. The monoisotopic (exact) mass is 290 g/mol. The maximum Gasteiger partial charge on any atom is 0.274 e. The second-order valence-corrected chi connectivity index (χ2v) is 5.86. The zero-order valence-corrected chi connectivity index (χ0v) is 12.0. The van der Waals surface area contributed by atoms with Gasteiger partial charge >= 0.3 is 0 Å². The number of hydrogen-bond donors (Lipinski definition) is 1. The molecule has 0 atom stereocenters. The minimum atomic E-state index is -0.443. The molecule has 0 fully saturated rings. The first kappa shape index (κ1) is 14.2. The SMILES string of the molecule is Cc1cc(C(=O)NCc2ccccc2[N+](=O)[O-])c(C)s1. The first-order valence-corrected chi connectivity index (χ1v) is 6.88. The van der Waals surface area contributed by atoms with Crippen LogP contribution >= 0.6 is 11.3 Å². The standard InChI is InChI=1S/C14H14N2O3S/c1-9-7-12(10(2)20-9)14(17)15-8-11-5-3-4-6-13(11)16(18)19/h3-7H,8H2,1-2H3,(H,15,17). The van der Waals surface area contributed by atoms with Crippen LogP contribution in [0.2, 0.25) is 0 Å². The smallest absolute Gasteiger partial charge is 0.274 e. The average Bonchev–Trinajstić information content (AvgIpc) is 2.75. The van der Waals surface area contributed by atoms with E-state index in [0.717, 1.165) is 9.75 Å². The molecule has 1 aromatic carbocycles. The third kappa shape index (κ3) is 3.03. The van der Waals surface area contributed by atoms with Gasteiger partial charge in [0, 0.05) is 27.9 Å². The molecule has 0 bridgehead atoms. The molecule has 104 valence electrons. The zero-order valence-electron chi connectivity index (χ0n) is 11.2. The fourth-order valence-corrected chi connectivity index (χ4v) is 2.89. The van der Waals surface area contributed by atoms with Crippen LogP contribution in [0.3, 0.4) is 0 Å². The number of hydrogen-bond acceptors (Lipinski definition) is 4. The Morgan fingerprint density at radius 3 is 2.65 bits per heavy atom. The highest BCUT2D eigenvalue weighted by Crippen LogP contribution is 2.21. The van der Waals surface area contributed by atoms with Crippen LogP contribution in [0.25, 0.3) is 0 Å². The van der Waals surface area contributed by atoms with Crippen molar-refractivity contribution in [1.82, 2.24) is 5.32 Å². The van der Waals surface area contributed by atoms with Crippen molar-refractivity contribution in [3.63, 3.8) is 0 Å². The van der Waals surface area contributed by atoms with Gasteiger partial charge in [-0.3, -0.25) is 14.9 Å². The second kappa shape index (κ2) is 5.83. The van der Waals surface area contributed by atoms with Crippen LogP contribution in [-0.2, 0) is 6.54 Å². The normalized spacial score (nSPS) is 10.3. The van der Waals surface area contributed by atoms with Gasteiger partial charge in [-0.15, -0.1) is 11.3 Å². The Balaban J connectivity index is 2.11. The lowest BCUT2D eigenvalue weighted by Gasteiger charge is -2.05. The van der Waals surface area contributed by atoms with Crippen molar-refractivity contribution in [2.24, 2.45) is 0 Å². The van der Waals surface area contributed by atoms with Gasteiger partial charge in [0.1, 0.15) is 0 Å². The summed E-state index contributed by atoms with van der Waals surface area (Å²) >= 11 is 1.56. The number of para-hydroxylation sites is 1. The van der Waals surface area contributed by atoms with E-state index in [-0.39, 0.29) is 18.1 Å². The predicted molar refractivity (Wildman–Crippen MR) is 78.1 cm³/mol. The summed E-state index contributed by atoms with van der Waals surface area (Å²) < 4.78 is 0. The number of benzene rings is 1. The van der Waals surface area contributed by atoms with Crippen molar-refractivity contribution in [2.75, 3.05) is 0 Å². The second-order valence-electron chi connectivity index (χ2n) is 4.40. The number of aryl methyl sites for hydroxylation is 2. The first-order chi connectivity index (χ1) is 9.49. The molecule has 0 saturated carbocycles. The third-order valence-corrected chi connectivity index (χ3v) is 3.88. The lowest BCUT2D eigenvalue weighted by molar-refractivity contribution is -0.385. The van der Waals surface area contributed by atoms with Gasteiger partial charge in [0.2, 0.25) is 0 Å². The minimum absolute atomic E-state index is 0.0195. The molecule has 20 heavy (non-hydrogen) atoms. The summed E-state index contributed by atoms with van der Waals surface area (Å²) in [5.74, 6) is -0.204. The fourth-order valence-electron chi connectivity index (χ4n) is 1.97. The lowest BCUT2D eigenvalue weighted by Crippen LogP contribution is -2.23. The van der Waals surface area contributed by atoms with E-state index in [9.17, 15) is 14.9 Å². The molecular weight excluding hydrogens is 276 g/mol. The molecular formula is C14H14N2O3S. The number of nitro benzene ring substituents is 1. The summed E-state index contributed by atoms with van der Waals surface area (Å²) in [6, 6.07) is 8.23. The van der Waals surface area contributed by atoms with Gasteiger partial charge in [0.25, 0.3) is 11.6 Å². The largest absolute Gasteiger partial charge is 0.348 e. The molecule has 0 aliphatic carbocycles. The number of nitro groups is 1. The van der Waals surface area contributed by atoms with E-state index in [1.165, 1.54) is 6.07 Å². The van der Waals surface area contributed by atoms with E-state index in [1.54, 1.807) is 29.5 Å². The van der Waals surface area contributed by atoms with Gasteiger partial charge in [0.05, 0.1) is 10.5 Å². The van der Waals surface area contributed by atoms with Gasteiger partial charge in [0.15, 0.2) is 0 Å². The van der Waals surface area contributed by atoms with Gasteiger partial charge in [-0.05, 0) is 19.9 Å². The Bertz CT molecular complexity index is 664. The summed E-state index contributed by atoms with van der Waals surface area (Å²) in [5.41, 5.74) is 1.15. The van der Waals surface area contributed by atoms with Crippen molar-refractivity contribution in [1.29, 1.82) is 0 Å². The third-order valence-electron chi connectivity index (χ3n) is 2.91. The van der Waals surface area contributed by atoms with Gasteiger partial charge in [-0.25, -0.2) is 0 Å². The van der Waals surface area contributed by atoms with E-state index in [4.69, 9.17) is 0 Å². The minimum Gasteiger partial charge on any atom is -0.348 e. The van der Waals surface area contributed by atoms with Crippen LogP contribution in [0.15, 0.2) is 30.3 Å². The predicted octanol–water partition coefficient (Wildman–Crippen LogP) is 3.20. The molecule has 1 heterocycles. The Morgan fingerprint density at radius 2 is 2.05 bits per heavy atom. The Hall–Kier alpha value is -2.21. The first-order valence-electron chi connectivity index (χ1n) is 6.06. The van der Waals surface area contributed by atoms with E-state index >= 15 is 0 Å². The highest BCUT2D eigenvalue weighted by Gasteiger charge is 2.15. The van der Waals surface area contributed by atoms with Gasteiger partial charge in [-0.2, -0.15) is 0 Å². The molecule has 1 N–H and O–H groups in total. The van der Waals surface area contributed by atoms with Crippen molar-refractivity contribution in [3.05, 3.63) is 61.3 Å². The zero-order chi connectivity index (χ0) is 14.7. The maximum absolute atomic E-state index is 12.1. The van der Waals surface area contributed by atoms with Gasteiger partial charge < -0.3 is 5.32 Å². The molecule has 0 spiro atoms. The lowest BCUT2D eigenvalue weighted by atomic mass is 10.1. The van der Waals surface area contributed by atoms with Crippen LogP contribution < -0.4 is 5.32 Å². The van der Waals surface area contributed by atoms with Crippen LogP contribution in [-0.4, -0.2) is 10.8 Å². The molecule has 6 heteroatoms. The summed E-state index contributed by atoms with van der Waals surface area (Å²) in [6.45, 7) is 3.97. The van der Waals surface area contributed by atoms with Crippen LogP contribution in [0.1, 0.15) is 25.7 Å². The summed E-state index contributed by atoms with van der Waals surface area (Å²) in [6.07, 6.45) is 0. The molecule has 5 nitrogen and oxygen atoms in total. The van der Waals surface area contributed by atoms with Crippen LogP contribution in [0.5, 0.6) is 0 Å². The molecule has 0 aliphatic rings. The fraction of sp³-hybridized carbons (Fsp3) is 0.214. The highest BCUT2D eigenvalue weighted by atomic mass is 32.1. The Morgan fingerprint density at radius 1 is 1.35 bits per heavy atom. The summed E-state index contributed by atoms with van der Waals surface area (Å²) in [7, 11) is 0. The summed E-state index contributed by atoms with van der Waals surface area (Å²) in [5, 5.41) is 13.6. The highest BCUT2D eigenvalue weighted by molar-refractivity contribution is 7.12. The van der Waals surface area contributed by atoms with Crippen molar-refractivity contribution < 1.29 is 9.72 Å².